The second-order valence-corrected chi connectivity index (χ2v) is 9.21. The second-order valence-electron chi connectivity index (χ2n) is 6.98. The monoisotopic (exact) mass is 558 g/mol. The van der Waals surface area contributed by atoms with Gasteiger partial charge in [-0.15, -0.1) is 5.10 Å². The third-order valence-electron chi connectivity index (χ3n) is 4.82. The minimum Gasteiger partial charge on any atom is -0.319 e. The van der Waals surface area contributed by atoms with Crippen LogP contribution in [0.25, 0.3) is 17.1 Å². The summed E-state index contributed by atoms with van der Waals surface area (Å²) in [6.07, 6.45) is 0. The largest absolute Gasteiger partial charge is 0.319 e. The van der Waals surface area contributed by atoms with E-state index in [2.05, 4.69) is 47.3 Å². The average Bonchev–Trinajstić information content (AvgIpc) is 3.18. The Morgan fingerprint density at radius 2 is 1.71 bits per heavy atom. The molecule has 156 valence electrons. The molecule has 0 aliphatic rings. The fourth-order valence-electron chi connectivity index (χ4n) is 3.13. The van der Waals surface area contributed by atoms with Crippen LogP contribution in [0.15, 0.2) is 69.6 Å². The molecule has 0 aliphatic heterocycles. The van der Waals surface area contributed by atoms with E-state index in [4.69, 9.17) is 11.6 Å². The summed E-state index contributed by atoms with van der Waals surface area (Å²) in [4.78, 5) is 17.6. The van der Waals surface area contributed by atoms with E-state index in [9.17, 15) is 4.79 Å². The van der Waals surface area contributed by atoms with Crippen LogP contribution >= 0.6 is 43.5 Å². The van der Waals surface area contributed by atoms with Gasteiger partial charge in [-0.2, -0.15) is 0 Å². The SMILES string of the molecule is Cc1cc(Br)ccc1NC(=O)c1nc(-c2ccc(Br)cc2)n(-c2cccc(Cl)c2C)n1. The molecule has 0 radical (unpaired) electrons. The standard InChI is InChI=1S/C23H17Br2ClN4O/c1-13-12-17(25)10-11-19(13)27-23(31)21-28-22(15-6-8-16(24)9-7-15)30(29-21)20-5-3-4-18(26)14(20)2/h3-12H,1-2H3,(H,27,31). The third-order valence-corrected chi connectivity index (χ3v) is 6.25. The molecule has 1 amide bonds. The van der Waals surface area contributed by atoms with E-state index in [1.54, 1.807) is 4.68 Å². The fraction of sp³-hybridized carbons (Fsp3) is 0.0870. The maximum atomic E-state index is 13.0. The molecule has 1 N–H and O–H groups in total. The number of nitrogens with zero attached hydrogens (tertiary/aromatic N) is 3. The van der Waals surface area contributed by atoms with Gasteiger partial charge in [0.25, 0.3) is 5.91 Å². The molecule has 0 fully saturated rings. The van der Waals surface area contributed by atoms with Crippen molar-refractivity contribution in [3.8, 4) is 17.1 Å². The first kappa shape index (κ1) is 21.7. The van der Waals surface area contributed by atoms with E-state index in [-0.39, 0.29) is 11.7 Å². The molecule has 3 aromatic carbocycles. The minimum atomic E-state index is -0.387. The summed E-state index contributed by atoms with van der Waals surface area (Å²) in [5.41, 5.74) is 4.07. The maximum absolute atomic E-state index is 13.0. The molecular weight excluding hydrogens is 544 g/mol. The Hall–Kier alpha value is -2.48. The molecule has 1 aromatic heterocycles. The predicted molar refractivity (Wildman–Crippen MR) is 131 cm³/mol. The average molecular weight is 561 g/mol. The van der Waals surface area contributed by atoms with Crippen molar-refractivity contribution in [2.45, 2.75) is 13.8 Å². The van der Waals surface area contributed by atoms with Crippen LogP contribution in [0.4, 0.5) is 5.69 Å². The Kier molecular flexibility index (Phi) is 6.27. The number of nitrogens with one attached hydrogen (secondary N) is 1. The maximum Gasteiger partial charge on any atom is 0.295 e. The molecule has 31 heavy (non-hydrogen) atoms. The van der Waals surface area contributed by atoms with Crippen molar-refractivity contribution in [3.63, 3.8) is 0 Å². The van der Waals surface area contributed by atoms with Gasteiger partial charge >= 0.3 is 0 Å². The zero-order valence-corrected chi connectivity index (χ0v) is 20.6. The van der Waals surface area contributed by atoms with Crippen molar-refractivity contribution < 1.29 is 4.79 Å². The van der Waals surface area contributed by atoms with Gasteiger partial charge in [0.1, 0.15) is 0 Å². The molecule has 0 atom stereocenters. The first-order valence-electron chi connectivity index (χ1n) is 9.39. The summed E-state index contributed by atoms with van der Waals surface area (Å²) < 4.78 is 3.55. The van der Waals surface area contributed by atoms with Gasteiger partial charge in [-0.05, 0) is 67.4 Å². The summed E-state index contributed by atoms with van der Waals surface area (Å²) in [6, 6.07) is 18.9. The van der Waals surface area contributed by atoms with Crippen LogP contribution in [0.5, 0.6) is 0 Å². The van der Waals surface area contributed by atoms with Gasteiger partial charge in [-0.1, -0.05) is 61.7 Å². The third kappa shape index (κ3) is 4.59. The Morgan fingerprint density at radius 1 is 1.00 bits per heavy atom. The van der Waals surface area contributed by atoms with Gasteiger partial charge < -0.3 is 5.32 Å². The van der Waals surface area contributed by atoms with Crippen LogP contribution in [0.1, 0.15) is 21.7 Å². The van der Waals surface area contributed by atoms with Crippen LogP contribution in [0, 0.1) is 13.8 Å². The van der Waals surface area contributed by atoms with E-state index >= 15 is 0 Å². The molecule has 0 saturated carbocycles. The molecule has 0 saturated heterocycles. The van der Waals surface area contributed by atoms with Crippen molar-refractivity contribution in [1.82, 2.24) is 14.8 Å². The number of amides is 1. The molecule has 5 nitrogen and oxygen atoms in total. The molecule has 4 aromatic rings. The van der Waals surface area contributed by atoms with Gasteiger partial charge in [0.2, 0.25) is 5.82 Å². The number of benzene rings is 3. The highest BCUT2D eigenvalue weighted by atomic mass is 79.9. The summed E-state index contributed by atoms with van der Waals surface area (Å²) in [6.45, 7) is 3.84. The number of hydrogen-bond donors (Lipinski definition) is 1. The lowest BCUT2D eigenvalue weighted by Crippen LogP contribution is -2.15. The summed E-state index contributed by atoms with van der Waals surface area (Å²) in [7, 11) is 0. The Balaban J connectivity index is 1.80. The highest BCUT2D eigenvalue weighted by Gasteiger charge is 2.21. The molecule has 4 rings (SSSR count). The molecule has 0 aliphatic carbocycles. The smallest absolute Gasteiger partial charge is 0.295 e. The second kappa shape index (κ2) is 8.94. The highest BCUT2D eigenvalue weighted by molar-refractivity contribution is 9.10. The summed E-state index contributed by atoms with van der Waals surface area (Å²) in [5, 5.41) is 8.06. The van der Waals surface area contributed by atoms with Gasteiger partial charge in [0.15, 0.2) is 5.82 Å². The van der Waals surface area contributed by atoms with Gasteiger partial charge in [-0.3, -0.25) is 4.79 Å². The number of rotatable bonds is 4. The van der Waals surface area contributed by atoms with Crippen LogP contribution in [-0.2, 0) is 0 Å². The normalized spacial score (nSPS) is 10.9. The number of aromatic nitrogens is 3. The number of aryl methyl sites for hydroxylation is 1. The molecule has 8 heteroatoms. The van der Waals surface area contributed by atoms with Crippen LogP contribution in [-0.4, -0.2) is 20.7 Å². The number of carbonyl (C=O) groups excluding carboxylic acids is 1. The molecule has 0 unspecified atom stereocenters. The van der Waals surface area contributed by atoms with E-state index in [0.717, 1.165) is 31.3 Å². The Morgan fingerprint density at radius 3 is 2.42 bits per heavy atom. The molecule has 1 heterocycles. The zero-order valence-electron chi connectivity index (χ0n) is 16.7. The lowest BCUT2D eigenvalue weighted by molar-refractivity contribution is 0.101. The van der Waals surface area contributed by atoms with Crippen molar-refractivity contribution in [3.05, 3.63) is 91.6 Å². The van der Waals surface area contributed by atoms with E-state index in [0.29, 0.717) is 16.5 Å². The van der Waals surface area contributed by atoms with Crippen molar-refractivity contribution in [1.29, 1.82) is 0 Å². The number of hydrogen-bond acceptors (Lipinski definition) is 3. The van der Waals surface area contributed by atoms with Crippen molar-refractivity contribution in [2.75, 3.05) is 5.32 Å². The quantitative estimate of drug-likeness (QED) is 0.293. The number of anilines is 1. The first-order valence-corrected chi connectivity index (χ1v) is 11.4. The fourth-order valence-corrected chi connectivity index (χ4v) is 4.04. The van der Waals surface area contributed by atoms with Crippen LogP contribution < -0.4 is 5.32 Å². The van der Waals surface area contributed by atoms with Crippen LogP contribution in [0.2, 0.25) is 5.02 Å². The molecule has 0 bridgehead atoms. The lowest BCUT2D eigenvalue weighted by atomic mass is 10.1. The Labute approximate surface area is 201 Å². The van der Waals surface area contributed by atoms with Crippen molar-refractivity contribution >= 4 is 55.1 Å². The predicted octanol–water partition coefficient (Wildman–Crippen LogP) is 6.98. The minimum absolute atomic E-state index is 0.0691. The number of carbonyl (C=O) groups is 1. The summed E-state index contributed by atoms with van der Waals surface area (Å²) in [5.74, 6) is 0.234. The van der Waals surface area contributed by atoms with Gasteiger partial charge in [-0.25, -0.2) is 9.67 Å². The Bertz CT molecular complexity index is 1290. The first-order chi connectivity index (χ1) is 14.8. The zero-order chi connectivity index (χ0) is 22.1. The molecular formula is C23H17Br2ClN4O. The van der Waals surface area contributed by atoms with E-state index in [1.807, 2.05) is 74.5 Å². The van der Waals surface area contributed by atoms with E-state index < -0.39 is 0 Å². The van der Waals surface area contributed by atoms with E-state index in [1.165, 1.54) is 0 Å². The van der Waals surface area contributed by atoms with Crippen molar-refractivity contribution in [2.24, 2.45) is 0 Å². The van der Waals surface area contributed by atoms with Crippen LogP contribution in [0.3, 0.4) is 0 Å². The highest BCUT2D eigenvalue weighted by Crippen LogP contribution is 2.28. The number of halogens is 3. The lowest BCUT2D eigenvalue weighted by Gasteiger charge is -2.10. The van der Waals surface area contributed by atoms with Gasteiger partial charge in [0.05, 0.1) is 5.69 Å². The summed E-state index contributed by atoms with van der Waals surface area (Å²) >= 11 is 13.2. The molecule has 0 spiro atoms. The van der Waals surface area contributed by atoms with Gasteiger partial charge in [0, 0.05) is 25.2 Å². The topological polar surface area (TPSA) is 59.8 Å².